The van der Waals surface area contributed by atoms with Crippen molar-refractivity contribution in [1.82, 2.24) is 10.4 Å². The first-order chi connectivity index (χ1) is 10.3. The maximum absolute atomic E-state index is 12.5. The van der Waals surface area contributed by atoms with Crippen molar-refractivity contribution in [3.05, 3.63) is 22.8 Å². The monoisotopic (exact) mass is 337 g/mol. The van der Waals surface area contributed by atoms with E-state index in [1.807, 2.05) is 5.43 Å². The Balaban J connectivity index is 1.92. The number of nitrogens with one attached hydrogen (secondary N) is 2. The van der Waals surface area contributed by atoms with Crippen LogP contribution in [0, 0.1) is 0 Å². The summed E-state index contributed by atoms with van der Waals surface area (Å²) in [5.41, 5.74) is 1.11. The predicted molar refractivity (Wildman–Crippen MR) is 72.0 cm³/mol. The van der Waals surface area contributed by atoms with Crippen LogP contribution in [0.3, 0.4) is 0 Å². The molecule has 0 radical (unpaired) electrons. The van der Waals surface area contributed by atoms with Gasteiger partial charge in [0.1, 0.15) is 11.5 Å². The molecule has 2 rings (SSSR count). The van der Waals surface area contributed by atoms with Gasteiger partial charge < -0.3 is 10.2 Å². The van der Waals surface area contributed by atoms with Gasteiger partial charge in [0.15, 0.2) is 6.10 Å². The highest BCUT2D eigenvalue weighted by Crippen LogP contribution is 2.32. The highest BCUT2D eigenvalue weighted by Gasteiger charge is 2.32. The second-order valence-corrected chi connectivity index (χ2v) is 4.78. The Bertz CT molecular complexity index is 608. The average Bonchev–Trinajstić information content (AvgIpc) is 2.93. The number of rotatable bonds is 4. The zero-order valence-corrected chi connectivity index (χ0v) is 11.7. The van der Waals surface area contributed by atoms with E-state index in [4.69, 9.17) is 22.3 Å². The lowest BCUT2D eigenvalue weighted by molar-refractivity contribution is -0.137. The first kappa shape index (κ1) is 16.3. The van der Waals surface area contributed by atoms with Gasteiger partial charge in [-0.3, -0.25) is 10.2 Å². The van der Waals surface area contributed by atoms with Crippen molar-refractivity contribution in [1.29, 1.82) is 0 Å². The number of aromatic nitrogens is 1. The Hall–Kier alpha value is -2.07. The van der Waals surface area contributed by atoms with Crippen molar-refractivity contribution >= 4 is 29.0 Å². The molecule has 1 amide bonds. The molecule has 2 heterocycles. The molecule has 1 atom stereocenters. The minimum atomic E-state index is -4.51. The Morgan fingerprint density at radius 2 is 2.27 bits per heavy atom. The van der Waals surface area contributed by atoms with Gasteiger partial charge in [0.25, 0.3) is 5.91 Å². The van der Waals surface area contributed by atoms with Gasteiger partial charge in [-0.1, -0.05) is 16.8 Å². The molecule has 1 aromatic heterocycles. The number of carbonyl (C=O) groups is 1. The highest BCUT2D eigenvalue weighted by molar-refractivity contribution is 6.39. The summed E-state index contributed by atoms with van der Waals surface area (Å²) in [6.45, 7) is 0.156. The number of nitrogens with two attached hydrogens (primary N) is 1. The van der Waals surface area contributed by atoms with Crippen molar-refractivity contribution in [2.75, 3.05) is 11.9 Å². The fourth-order valence-corrected chi connectivity index (χ4v) is 1.92. The van der Waals surface area contributed by atoms with Crippen LogP contribution >= 0.6 is 11.6 Å². The molecule has 0 saturated heterocycles. The number of hydrogen-bond acceptors (Lipinski definition) is 6. The van der Waals surface area contributed by atoms with Crippen LogP contribution in [0.4, 0.5) is 19.0 Å². The third-order valence-corrected chi connectivity index (χ3v) is 3.08. The van der Waals surface area contributed by atoms with Gasteiger partial charge in [-0.15, -0.1) is 0 Å². The molecule has 1 aliphatic rings. The van der Waals surface area contributed by atoms with Crippen molar-refractivity contribution in [3.8, 4) is 0 Å². The van der Waals surface area contributed by atoms with Gasteiger partial charge in [-0.25, -0.2) is 10.8 Å². The minimum absolute atomic E-state index is 0.0787. The Kier molecular flexibility index (Phi) is 4.71. The van der Waals surface area contributed by atoms with Gasteiger partial charge in [0, 0.05) is 12.6 Å². The number of carbonyl (C=O) groups excluding carboxylic acids is 1. The Morgan fingerprint density at radius 1 is 1.55 bits per heavy atom. The zero-order valence-electron chi connectivity index (χ0n) is 10.9. The van der Waals surface area contributed by atoms with E-state index in [1.54, 1.807) is 0 Å². The van der Waals surface area contributed by atoms with Crippen molar-refractivity contribution in [2.45, 2.75) is 18.7 Å². The smallest absolute Gasteiger partial charge is 0.390 e. The summed E-state index contributed by atoms with van der Waals surface area (Å²) < 4.78 is 37.4. The molecule has 22 heavy (non-hydrogen) atoms. The fourth-order valence-electron chi connectivity index (χ4n) is 1.69. The van der Waals surface area contributed by atoms with Gasteiger partial charge >= 0.3 is 6.18 Å². The maximum atomic E-state index is 12.5. The standard InChI is InChI=1S/C11H11ClF3N5O2/c12-7-1-5(11(13,14)15)3-17-9(7)18-4-6-2-8(20-22-6)10(21)19-16/h1,3,6H,2,4,16H2,(H,17,18)(H,19,21)/t6-/m0/s1. The molecule has 7 nitrogen and oxygen atoms in total. The van der Waals surface area contributed by atoms with Crippen LogP contribution in [0.1, 0.15) is 12.0 Å². The maximum Gasteiger partial charge on any atom is 0.417 e. The van der Waals surface area contributed by atoms with E-state index in [2.05, 4.69) is 15.5 Å². The van der Waals surface area contributed by atoms with E-state index < -0.39 is 23.8 Å². The molecule has 0 aromatic carbocycles. The van der Waals surface area contributed by atoms with Crippen LogP contribution in [0.15, 0.2) is 17.4 Å². The van der Waals surface area contributed by atoms with Crippen LogP contribution < -0.4 is 16.6 Å². The molecule has 0 saturated carbocycles. The van der Waals surface area contributed by atoms with Crippen LogP contribution in [-0.2, 0) is 15.8 Å². The normalized spacial score (nSPS) is 17.7. The first-order valence-electron chi connectivity index (χ1n) is 6.01. The Morgan fingerprint density at radius 3 is 2.86 bits per heavy atom. The van der Waals surface area contributed by atoms with Gasteiger partial charge in [-0.05, 0) is 6.07 Å². The van der Waals surface area contributed by atoms with Crippen LogP contribution in [0.5, 0.6) is 0 Å². The topological polar surface area (TPSA) is 102 Å². The number of oxime groups is 1. The van der Waals surface area contributed by atoms with E-state index in [0.717, 1.165) is 6.07 Å². The molecule has 1 aliphatic heterocycles. The average molecular weight is 338 g/mol. The molecular weight excluding hydrogens is 327 g/mol. The van der Waals surface area contributed by atoms with Crippen molar-refractivity contribution in [2.24, 2.45) is 11.0 Å². The number of pyridine rings is 1. The highest BCUT2D eigenvalue weighted by atomic mass is 35.5. The summed E-state index contributed by atoms with van der Waals surface area (Å²) >= 11 is 5.75. The molecule has 120 valence electrons. The molecule has 11 heteroatoms. The predicted octanol–water partition coefficient (Wildman–Crippen LogP) is 1.30. The van der Waals surface area contributed by atoms with E-state index in [1.165, 1.54) is 0 Å². The van der Waals surface area contributed by atoms with Crippen LogP contribution in [0.25, 0.3) is 0 Å². The number of hydrogen-bond donors (Lipinski definition) is 3. The lowest BCUT2D eigenvalue weighted by Crippen LogP contribution is -2.36. The molecule has 1 aromatic rings. The molecule has 4 N–H and O–H groups in total. The number of anilines is 1. The summed E-state index contributed by atoms with van der Waals surface area (Å²) in [7, 11) is 0. The number of amides is 1. The SMILES string of the molecule is NNC(=O)C1=NO[C@H](CNc2ncc(C(F)(F)F)cc2Cl)C1. The third kappa shape index (κ3) is 3.77. The summed E-state index contributed by atoms with van der Waals surface area (Å²) in [4.78, 5) is 19.8. The molecule has 0 bridgehead atoms. The number of nitrogens with zero attached hydrogens (tertiary/aromatic N) is 2. The quantitative estimate of drug-likeness (QED) is 0.437. The summed E-state index contributed by atoms with van der Waals surface area (Å²) in [6.07, 6.45) is -4.11. The third-order valence-electron chi connectivity index (χ3n) is 2.79. The van der Waals surface area contributed by atoms with Crippen LogP contribution in [0.2, 0.25) is 5.02 Å². The second-order valence-electron chi connectivity index (χ2n) is 4.38. The van der Waals surface area contributed by atoms with Crippen LogP contribution in [-0.4, -0.2) is 29.3 Å². The van der Waals surface area contributed by atoms with Gasteiger partial charge in [0.2, 0.25) is 0 Å². The first-order valence-corrected chi connectivity index (χ1v) is 6.39. The van der Waals surface area contributed by atoms with Gasteiger partial charge in [-0.2, -0.15) is 13.2 Å². The summed E-state index contributed by atoms with van der Waals surface area (Å²) in [5.74, 6) is 4.48. The molecule has 0 aliphatic carbocycles. The summed E-state index contributed by atoms with van der Waals surface area (Å²) in [5, 5.41) is 6.12. The molecular formula is C11H11ClF3N5O2. The number of halogens is 4. The van der Waals surface area contributed by atoms with Gasteiger partial charge in [0.05, 0.1) is 17.1 Å². The lowest BCUT2D eigenvalue weighted by Gasteiger charge is -2.13. The zero-order chi connectivity index (χ0) is 16.3. The molecule has 0 fully saturated rings. The second kappa shape index (κ2) is 6.36. The van der Waals surface area contributed by atoms with E-state index in [0.29, 0.717) is 6.20 Å². The van der Waals surface area contributed by atoms with Crippen molar-refractivity contribution in [3.63, 3.8) is 0 Å². The van der Waals surface area contributed by atoms with E-state index in [-0.39, 0.29) is 29.5 Å². The number of alkyl halides is 3. The summed E-state index contributed by atoms with van der Waals surface area (Å²) in [6, 6.07) is 0.774. The largest absolute Gasteiger partial charge is 0.417 e. The van der Waals surface area contributed by atoms with E-state index in [9.17, 15) is 18.0 Å². The minimum Gasteiger partial charge on any atom is -0.390 e. The van der Waals surface area contributed by atoms with Crippen molar-refractivity contribution < 1.29 is 22.8 Å². The lowest BCUT2D eigenvalue weighted by atomic mass is 10.1. The fraction of sp³-hybridized carbons (Fsp3) is 0.364. The van der Waals surface area contributed by atoms with E-state index >= 15 is 0 Å². The molecule has 0 spiro atoms. The Labute approximate surface area is 127 Å². The number of hydrazine groups is 1. The molecule has 0 unspecified atom stereocenters.